The molecular formula is C35H42ClN3O4S. The fraction of sp³-hybridized carbons (Fsp3) is 0.457. The van der Waals surface area contributed by atoms with E-state index in [2.05, 4.69) is 13.2 Å². The molecule has 0 aliphatic carbocycles. The Balaban J connectivity index is 1.63. The normalized spacial score (nSPS) is 26.0. The van der Waals surface area contributed by atoms with Crippen molar-refractivity contribution < 1.29 is 19.5 Å². The molecule has 2 bridgehead atoms. The molecule has 44 heavy (non-hydrogen) atoms. The van der Waals surface area contributed by atoms with Crippen molar-refractivity contribution in [2.75, 3.05) is 29.5 Å². The molecule has 3 aliphatic rings. The number of hydrogen-bond donors (Lipinski definition) is 1. The Morgan fingerprint density at radius 2 is 1.77 bits per heavy atom. The van der Waals surface area contributed by atoms with Crippen molar-refractivity contribution in [2.24, 2.45) is 17.8 Å². The second-order valence-electron chi connectivity index (χ2n) is 12.5. The lowest BCUT2D eigenvalue weighted by atomic mass is 9.70. The Hall–Kier alpha value is -3.07. The molecule has 9 heteroatoms. The molecule has 2 aromatic rings. The quantitative estimate of drug-likeness (QED) is 0.295. The van der Waals surface area contributed by atoms with Gasteiger partial charge in [-0.1, -0.05) is 67.9 Å². The van der Waals surface area contributed by atoms with Gasteiger partial charge in [-0.05, 0) is 55.9 Å². The maximum atomic E-state index is 15.0. The minimum absolute atomic E-state index is 0.0995. The first kappa shape index (κ1) is 32.3. The van der Waals surface area contributed by atoms with E-state index >= 15 is 0 Å². The predicted octanol–water partition coefficient (Wildman–Crippen LogP) is 5.88. The Bertz CT molecular complexity index is 1410. The average Bonchev–Trinajstić information content (AvgIpc) is 3.65. The molecular weight excluding hydrogens is 594 g/mol. The summed E-state index contributed by atoms with van der Waals surface area (Å²) in [6, 6.07) is 13.5. The topological polar surface area (TPSA) is 81.2 Å². The van der Waals surface area contributed by atoms with Crippen LogP contribution in [0.4, 0.5) is 11.4 Å². The molecule has 0 radical (unpaired) electrons. The molecule has 234 valence electrons. The van der Waals surface area contributed by atoms with Crippen LogP contribution in [0.15, 0.2) is 73.8 Å². The standard InChI is InChI=1S/C35H42ClN3O4S/c1-6-18-37(24-13-9-8-10-14-24)32(41)28-27-16-17-35(44-27)29(28)33(42)39(25(21-40)20-22(3)4)31(35)34(43)38(19-7-2)30-23(5)12-11-15-26(30)36/h6-15,22,25,27-29,31,40H,1-2,16-21H2,3-5H3/t25-,27+,28-,29+,31?,35?/m1/s1. The number of nitrogens with zero attached hydrogens (tertiary/aromatic N) is 3. The number of thioether (sulfide) groups is 1. The van der Waals surface area contributed by atoms with Gasteiger partial charge in [0.05, 0.1) is 39.9 Å². The number of aliphatic hydroxyl groups excluding tert-OH is 1. The van der Waals surface area contributed by atoms with E-state index < -0.39 is 28.7 Å². The zero-order valence-electron chi connectivity index (χ0n) is 25.7. The Kier molecular flexibility index (Phi) is 9.64. The van der Waals surface area contributed by atoms with Crippen molar-refractivity contribution in [3.63, 3.8) is 0 Å². The van der Waals surface area contributed by atoms with Crippen molar-refractivity contribution in [1.29, 1.82) is 0 Å². The van der Waals surface area contributed by atoms with E-state index in [-0.39, 0.29) is 42.0 Å². The molecule has 2 aromatic carbocycles. The van der Waals surface area contributed by atoms with Gasteiger partial charge < -0.3 is 19.8 Å². The minimum Gasteiger partial charge on any atom is -0.394 e. The van der Waals surface area contributed by atoms with Crippen LogP contribution in [-0.4, -0.2) is 69.5 Å². The van der Waals surface area contributed by atoms with Gasteiger partial charge in [0.15, 0.2) is 0 Å². The number of likely N-dealkylation sites (tertiary alicyclic amines) is 1. The molecule has 0 saturated carbocycles. The first-order valence-corrected chi connectivity index (χ1v) is 16.6. The van der Waals surface area contributed by atoms with Gasteiger partial charge >= 0.3 is 0 Å². The number of fused-ring (bicyclic) bond motifs is 1. The molecule has 5 rings (SSSR count). The summed E-state index contributed by atoms with van der Waals surface area (Å²) in [4.78, 5) is 49.2. The third-order valence-electron chi connectivity index (χ3n) is 9.29. The summed E-state index contributed by atoms with van der Waals surface area (Å²) < 4.78 is -0.811. The Morgan fingerprint density at radius 3 is 2.39 bits per heavy atom. The number of hydrogen-bond acceptors (Lipinski definition) is 5. The van der Waals surface area contributed by atoms with Gasteiger partial charge in [0.2, 0.25) is 11.8 Å². The highest BCUT2D eigenvalue weighted by atomic mass is 35.5. The molecule has 3 amide bonds. The highest BCUT2D eigenvalue weighted by Gasteiger charge is 2.74. The largest absolute Gasteiger partial charge is 0.394 e. The molecule has 3 heterocycles. The maximum absolute atomic E-state index is 15.0. The van der Waals surface area contributed by atoms with Gasteiger partial charge in [-0.15, -0.1) is 24.9 Å². The number of aliphatic hydroxyl groups is 1. The Labute approximate surface area is 269 Å². The van der Waals surface area contributed by atoms with Crippen LogP contribution in [0.25, 0.3) is 0 Å². The fourth-order valence-electron chi connectivity index (χ4n) is 7.64. The van der Waals surface area contributed by atoms with Crippen LogP contribution in [-0.2, 0) is 14.4 Å². The van der Waals surface area contributed by atoms with E-state index in [1.807, 2.05) is 63.2 Å². The summed E-state index contributed by atoms with van der Waals surface area (Å²) in [5.74, 6) is -1.73. The van der Waals surface area contributed by atoms with Crippen LogP contribution in [0.5, 0.6) is 0 Å². The summed E-state index contributed by atoms with van der Waals surface area (Å²) >= 11 is 8.32. The van der Waals surface area contributed by atoms with Crippen LogP contribution < -0.4 is 9.80 Å². The van der Waals surface area contributed by atoms with E-state index in [0.717, 1.165) is 17.7 Å². The summed E-state index contributed by atoms with van der Waals surface area (Å²) in [6.45, 7) is 14.0. The summed E-state index contributed by atoms with van der Waals surface area (Å²) in [7, 11) is 0. The first-order chi connectivity index (χ1) is 21.1. The molecule has 3 fully saturated rings. The number of benzene rings is 2. The van der Waals surface area contributed by atoms with Crippen LogP contribution in [0.1, 0.15) is 38.7 Å². The van der Waals surface area contributed by atoms with Crippen molar-refractivity contribution >= 4 is 52.5 Å². The van der Waals surface area contributed by atoms with Gasteiger partial charge in [-0.2, -0.15) is 0 Å². The van der Waals surface area contributed by atoms with Crippen molar-refractivity contribution in [3.05, 3.63) is 84.4 Å². The van der Waals surface area contributed by atoms with E-state index in [9.17, 15) is 19.5 Å². The fourth-order valence-corrected chi connectivity index (χ4v) is 10.2. The maximum Gasteiger partial charge on any atom is 0.251 e. The number of amides is 3. The van der Waals surface area contributed by atoms with E-state index in [1.54, 1.807) is 44.7 Å². The predicted molar refractivity (Wildman–Crippen MR) is 179 cm³/mol. The number of aryl methyl sites for hydroxylation is 1. The highest BCUT2D eigenvalue weighted by molar-refractivity contribution is 8.02. The second kappa shape index (κ2) is 13.1. The molecule has 2 unspecified atom stereocenters. The first-order valence-electron chi connectivity index (χ1n) is 15.4. The number of carbonyl (C=O) groups is 3. The van der Waals surface area contributed by atoms with Gasteiger partial charge in [0, 0.05) is 24.0 Å². The lowest BCUT2D eigenvalue weighted by molar-refractivity contribution is -0.142. The number of para-hydroxylation sites is 2. The van der Waals surface area contributed by atoms with E-state index in [4.69, 9.17) is 11.6 Å². The summed E-state index contributed by atoms with van der Waals surface area (Å²) in [5, 5.41) is 11.0. The van der Waals surface area contributed by atoms with Gasteiger partial charge in [-0.25, -0.2) is 0 Å². The van der Waals surface area contributed by atoms with E-state index in [0.29, 0.717) is 30.1 Å². The monoisotopic (exact) mass is 635 g/mol. The summed E-state index contributed by atoms with van der Waals surface area (Å²) in [6.07, 6.45) is 5.23. The van der Waals surface area contributed by atoms with E-state index in [1.165, 1.54) is 0 Å². The number of halogens is 1. The second-order valence-corrected chi connectivity index (χ2v) is 14.5. The van der Waals surface area contributed by atoms with Gasteiger partial charge in [0.1, 0.15) is 6.04 Å². The minimum atomic E-state index is -0.871. The molecule has 7 nitrogen and oxygen atoms in total. The van der Waals surface area contributed by atoms with Crippen LogP contribution in [0, 0.1) is 24.7 Å². The SMILES string of the molecule is C=CCN(C(=O)[C@@H]1[C@@H]2CCC3(S2)C(C(=O)N(CC=C)c2c(C)cccc2Cl)N([C@@H](CO)CC(C)C)C(=O)[C@H]13)c1ccccc1. The Morgan fingerprint density at radius 1 is 1.09 bits per heavy atom. The third kappa shape index (κ3) is 5.39. The van der Waals surface area contributed by atoms with Crippen molar-refractivity contribution in [2.45, 2.75) is 62.1 Å². The molecule has 1 N–H and O–H groups in total. The van der Waals surface area contributed by atoms with Crippen LogP contribution in [0.2, 0.25) is 5.02 Å². The summed E-state index contributed by atoms with van der Waals surface area (Å²) in [5.41, 5.74) is 2.16. The molecule has 1 spiro atoms. The molecule has 0 aromatic heterocycles. The molecule has 6 atom stereocenters. The highest BCUT2D eigenvalue weighted by Crippen LogP contribution is 2.67. The number of rotatable bonds is 12. The van der Waals surface area contributed by atoms with Crippen LogP contribution >= 0.6 is 23.4 Å². The lowest BCUT2D eigenvalue weighted by Gasteiger charge is -2.40. The van der Waals surface area contributed by atoms with Gasteiger partial charge in [-0.3, -0.25) is 14.4 Å². The van der Waals surface area contributed by atoms with Crippen molar-refractivity contribution in [1.82, 2.24) is 4.90 Å². The van der Waals surface area contributed by atoms with Crippen LogP contribution in [0.3, 0.4) is 0 Å². The third-order valence-corrected chi connectivity index (χ3v) is 11.5. The molecule has 3 saturated heterocycles. The molecule has 3 aliphatic heterocycles. The number of anilines is 2. The number of carbonyl (C=O) groups excluding carboxylic acids is 3. The zero-order valence-corrected chi connectivity index (χ0v) is 27.3. The smallest absolute Gasteiger partial charge is 0.251 e. The van der Waals surface area contributed by atoms with Crippen molar-refractivity contribution in [3.8, 4) is 0 Å². The average molecular weight is 636 g/mol. The lowest BCUT2D eigenvalue weighted by Crippen LogP contribution is -2.58. The van der Waals surface area contributed by atoms with Gasteiger partial charge in [0.25, 0.3) is 5.91 Å². The zero-order chi connectivity index (χ0) is 31.8.